The third-order valence-corrected chi connectivity index (χ3v) is 4.01. The van der Waals surface area contributed by atoms with Crippen LogP contribution >= 0.6 is 0 Å². The summed E-state index contributed by atoms with van der Waals surface area (Å²) in [6, 6.07) is 16.4. The lowest BCUT2D eigenvalue weighted by Gasteiger charge is -2.13. The number of rotatable bonds is 6. The number of benzene rings is 2. The number of amides is 1. The number of aliphatic hydroxyl groups is 1. The molecule has 0 spiro atoms. The fraction of sp³-hybridized carbons (Fsp3) is 0.263. The number of aliphatic hydroxyl groups excluding tert-OH is 1. The maximum atomic E-state index is 12.4. The molecule has 0 radical (unpaired) electrons. The molecule has 7 heteroatoms. The van der Waals surface area contributed by atoms with Crippen molar-refractivity contribution in [3.05, 3.63) is 65.7 Å². The van der Waals surface area contributed by atoms with Crippen LogP contribution in [-0.2, 0) is 0 Å². The maximum Gasteiger partial charge on any atom is 0.251 e. The average Bonchev–Trinajstić information content (AvgIpc) is 3.17. The molecule has 3 rings (SSSR count). The highest BCUT2D eigenvalue weighted by molar-refractivity contribution is 5.95. The van der Waals surface area contributed by atoms with Gasteiger partial charge in [-0.25, -0.2) is 4.68 Å². The van der Waals surface area contributed by atoms with E-state index in [2.05, 4.69) is 20.8 Å². The molecule has 0 bridgehead atoms. The standard InChI is InChI=1S/C19H21N5O2/c1-13(2)24-18(21-22-23-24)15-9-6-10-16(11-15)19(26)20-12-17(25)14-7-4-3-5-8-14/h3-11,13,17,25H,12H2,1-2H3,(H,20,26). The van der Waals surface area contributed by atoms with Crippen LogP contribution in [0.2, 0.25) is 0 Å². The smallest absolute Gasteiger partial charge is 0.251 e. The summed E-state index contributed by atoms with van der Waals surface area (Å²) in [6.07, 6.45) is -0.753. The molecule has 1 heterocycles. The summed E-state index contributed by atoms with van der Waals surface area (Å²) in [5.74, 6) is 0.351. The van der Waals surface area contributed by atoms with Gasteiger partial charge in [0.25, 0.3) is 5.91 Å². The first-order valence-electron chi connectivity index (χ1n) is 8.45. The van der Waals surface area contributed by atoms with E-state index in [0.717, 1.165) is 11.1 Å². The number of nitrogens with zero attached hydrogens (tertiary/aromatic N) is 4. The van der Waals surface area contributed by atoms with E-state index in [-0.39, 0.29) is 18.5 Å². The normalized spacial score (nSPS) is 12.2. The van der Waals surface area contributed by atoms with E-state index in [1.165, 1.54) is 0 Å². The summed E-state index contributed by atoms with van der Waals surface area (Å²) in [5, 5.41) is 24.7. The van der Waals surface area contributed by atoms with Crippen LogP contribution in [0.25, 0.3) is 11.4 Å². The Hall–Kier alpha value is -3.06. The fourth-order valence-electron chi connectivity index (χ4n) is 2.62. The van der Waals surface area contributed by atoms with Crippen molar-refractivity contribution in [3.8, 4) is 11.4 Å². The number of nitrogens with one attached hydrogen (secondary N) is 1. The number of hydrogen-bond acceptors (Lipinski definition) is 5. The molecule has 2 N–H and O–H groups in total. The second-order valence-corrected chi connectivity index (χ2v) is 6.26. The lowest BCUT2D eigenvalue weighted by Crippen LogP contribution is -2.28. The quantitative estimate of drug-likeness (QED) is 0.711. The first-order valence-corrected chi connectivity index (χ1v) is 8.45. The van der Waals surface area contributed by atoms with Crippen LogP contribution < -0.4 is 5.32 Å². The van der Waals surface area contributed by atoms with Crippen LogP contribution in [0.5, 0.6) is 0 Å². The summed E-state index contributed by atoms with van der Waals surface area (Å²) < 4.78 is 1.70. The summed E-state index contributed by atoms with van der Waals surface area (Å²) in [4.78, 5) is 12.4. The molecule has 26 heavy (non-hydrogen) atoms. The van der Waals surface area contributed by atoms with Gasteiger partial charge in [-0.1, -0.05) is 42.5 Å². The predicted molar refractivity (Wildman–Crippen MR) is 97.4 cm³/mol. The molecule has 0 fully saturated rings. The van der Waals surface area contributed by atoms with Gasteiger partial charge in [0, 0.05) is 17.7 Å². The molecule has 3 aromatic rings. The van der Waals surface area contributed by atoms with E-state index in [4.69, 9.17) is 0 Å². The Balaban J connectivity index is 1.71. The van der Waals surface area contributed by atoms with Crippen molar-refractivity contribution in [2.24, 2.45) is 0 Å². The van der Waals surface area contributed by atoms with E-state index in [0.29, 0.717) is 11.4 Å². The molecule has 0 aliphatic carbocycles. The molecule has 1 aromatic heterocycles. The van der Waals surface area contributed by atoms with E-state index in [9.17, 15) is 9.90 Å². The third-order valence-electron chi connectivity index (χ3n) is 4.01. The van der Waals surface area contributed by atoms with Crippen molar-refractivity contribution in [3.63, 3.8) is 0 Å². The average molecular weight is 351 g/mol. The van der Waals surface area contributed by atoms with Crippen molar-refractivity contribution in [2.45, 2.75) is 26.0 Å². The van der Waals surface area contributed by atoms with Crippen molar-refractivity contribution in [1.29, 1.82) is 0 Å². The Morgan fingerprint density at radius 2 is 1.92 bits per heavy atom. The SMILES string of the molecule is CC(C)n1nnnc1-c1cccc(C(=O)NCC(O)c2ccccc2)c1. The molecule has 0 aliphatic heterocycles. The third kappa shape index (κ3) is 3.94. The highest BCUT2D eigenvalue weighted by atomic mass is 16.3. The van der Waals surface area contributed by atoms with Crippen molar-refractivity contribution in [2.75, 3.05) is 6.54 Å². The van der Waals surface area contributed by atoms with Gasteiger partial charge in [0.1, 0.15) is 0 Å². The van der Waals surface area contributed by atoms with Crippen molar-refractivity contribution >= 4 is 5.91 Å². The van der Waals surface area contributed by atoms with Gasteiger partial charge in [0.2, 0.25) is 0 Å². The monoisotopic (exact) mass is 351 g/mol. The van der Waals surface area contributed by atoms with Gasteiger partial charge < -0.3 is 10.4 Å². The van der Waals surface area contributed by atoms with Gasteiger partial charge in [0.15, 0.2) is 5.82 Å². The van der Waals surface area contributed by atoms with Gasteiger partial charge in [-0.2, -0.15) is 0 Å². The molecule has 2 aromatic carbocycles. The lowest BCUT2D eigenvalue weighted by molar-refractivity contribution is 0.0916. The zero-order valence-electron chi connectivity index (χ0n) is 14.7. The first kappa shape index (κ1) is 17.8. The summed E-state index contributed by atoms with van der Waals surface area (Å²) >= 11 is 0. The molecular formula is C19H21N5O2. The largest absolute Gasteiger partial charge is 0.387 e. The zero-order chi connectivity index (χ0) is 18.5. The van der Waals surface area contributed by atoms with Crippen LogP contribution in [0.15, 0.2) is 54.6 Å². The van der Waals surface area contributed by atoms with Crippen LogP contribution in [-0.4, -0.2) is 37.8 Å². The van der Waals surface area contributed by atoms with Crippen LogP contribution in [0.1, 0.15) is 41.9 Å². The molecule has 7 nitrogen and oxygen atoms in total. The maximum absolute atomic E-state index is 12.4. The number of carbonyl (C=O) groups excluding carboxylic acids is 1. The molecule has 1 atom stereocenters. The molecular weight excluding hydrogens is 330 g/mol. The summed E-state index contributed by atoms with van der Waals surface area (Å²) in [5.41, 5.74) is 2.01. The van der Waals surface area contributed by atoms with E-state index in [1.807, 2.05) is 50.2 Å². The van der Waals surface area contributed by atoms with E-state index < -0.39 is 6.10 Å². The Labute approximate surface area is 151 Å². The number of carbonyl (C=O) groups is 1. The van der Waals surface area contributed by atoms with Crippen molar-refractivity contribution in [1.82, 2.24) is 25.5 Å². The minimum absolute atomic E-state index is 0.110. The van der Waals surface area contributed by atoms with Crippen LogP contribution in [0.3, 0.4) is 0 Å². The lowest BCUT2D eigenvalue weighted by atomic mass is 10.1. The van der Waals surface area contributed by atoms with Crippen LogP contribution in [0, 0.1) is 0 Å². The van der Waals surface area contributed by atoms with E-state index in [1.54, 1.807) is 22.9 Å². The summed E-state index contributed by atoms with van der Waals surface area (Å²) in [7, 11) is 0. The van der Waals surface area contributed by atoms with Crippen molar-refractivity contribution < 1.29 is 9.90 Å². The molecule has 0 saturated heterocycles. The molecule has 1 amide bonds. The highest BCUT2D eigenvalue weighted by Crippen LogP contribution is 2.20. The Morgan fingerprint density at radius 1 is 1.15 bits per heavy atom. The number of tetrazole rings is 1. The van der Waals surface area contributed by atoms with Gasteiger partial charge in [-0.05, 0) is 42.0 Å². The molecule has 1 unspecified atom stereocenters. The second kappa shape index (κ2) is 7.88. The predicted octanol–water partition coefficient (Wildman–Crippen LogP) is 2.38. The molecule has 0 saturated carbocycles. The van der Waals surface area contributed by atoms with Gasteiger partial charge in [-0.15, -0.1) is 5.10 Å². The van der Waals surface area contributed by atoms with Crippen LogP contribution in [0.4, 0.5) is 0 Å². The van der Waals surface area contributed by atoms with Gasteiger partial charge in [0.05, 0.1) is 12.1 Å². The molecule has 0 aliphatic rings. The Morgan fingerprint density at radius 3 is 2.65 bits per heavy atom. The number of aromatic nitrogens is 4. The minimum Gasteiger partial charge on any atom is -0.387 e. The molecule has 134 valence electrons. The number of hydrogen-bond donors (Lipinski definition) is 2. The second-order valence-electron chi connectivity index (χ2n) is 6.26. The summed E-state index contributed by atoms with van der Waals surface area (Å²) in [6.45, 7) is 4.11. The fourth-order valence-corrected chi connectivity index (χ4v) is 2.62. The minimum atomic E-state index is -0.753. The zero-order valence-corrected chi connectivity index (χ0v) is 14.7. The Kier molecular flexibility index (Phi) is 5.38. The van der Waals surface area contributed by atoms with Gasteiger partial charge >= 0.3 is 0 Å². The first-order chi connectivity index (χ1) is 12.6. The van der Waals surface area contributed by atoms with Gasteiger partial charge in [-0.3, -0.25) is 4.79 Å². The Bertz CT molecular complexity index is 876. The van der Waals surface area contributed by atoms with E-state index >= 15 is 0 Å². The highest BCUT2D eigenvalue weighted by Gasteiger charge is 2.15. The topological polar surface area (TPSA) is 92.9 Å².